The summed E-state index contributed by atoms with van der Waals surface area (Å²) in [7, 11) is 0. The Balaban J connectivity index is 2.55. The van der Waals surface area contributed by atoms with Gasteiger partial charge in [-0.15, -0.1) is 0 Å². The van der Waals surface area contributed by atoms with Crippen LogP contribution in [0, 0.1) is 0 Å². The minimum absolute atomic E-state index is 0.0209. The monoisotopic (exact) mass is 610 g/mol. The molecule has 1 aliphatic rings. The van der Waals surface area contributed by atoms with E-state index in [1.807, 2.05) is 0 Å². The average molecular weight is 611 g/mol. The molecule has 4 N–H and O–H groups in total. The fourth-order valence-electron chi connectivity index (χ4n) is 3.68. The van der Waals surface area contributed by atoms with Gasteiger partial charge in [-0.2, -0.15) is 0 Å². The van der Waals surface area contributed by atoms with E-state index in [2.05, 4.69) is 10.6 Å². The zero-order valence-electron chi connectivity index (χ0n) is 24.2. The van der Waals surface area contributed by atoms with Gasteiger partial charge in [0.05, 0.1) is 58.9 Å². The van der Waals surface area contributed by atoms with Crippen LogP contribution in [0.4, 0.5) is 0 Å². The van der Waals surface area contributed by atoms with Crippen molar-refractivity contribution in [2.24, 2.45) is 0 Å². The summed E-state index contributed by atoms with van der Waals surface area (Å²) >= 11 is 0. The summed E-state index contributed by atoms with van der Waals surface area (Å²) in [5, 5.41) is 22.8. The highest BCUT2D eigenvalue weighted by Gasteiger charge is 2.51. The molecule has 0 aromatic rings. The number of aliphatic hydroxyl groups is 2. The highest BCUT2D eigenvalue weighted by Crippen LogP contribution is 2.28. The van der Waals surface area contributed by atoms with Crippen molar-refractivity contribution in [2.45, 2.75) is 64.4 Å². The molecule has 1 rings (SSSR count). The second-order valence-electron chi connectivity index (χ2n) is 9.00. The SMILES string of the molecule is CC(=O)N[C@@H]1[C@H](OCCOCCOCCOCC(=O)NC(CO)CO)O[C@H](COC(C)=O)[C@H](OC(C)=O)[C@@H]1OC(C)=O. The van der Waals surface area contributed by atoms with Crippen LogP contribution in [0.25, 0.3) is 0 Å². The Hall–Kier alpha value is -2.93. The topological polar surface area (TPSA) is 224 Å². The highest BCUT2D eigenvalue weighted by atomic mass is 16.7. The number of aliphatic hydroxyl groups excluding tert-OH is 2. The second kappa shape index (κ2) is 20.9. The zero-order valence-corrected chi connectivity index (χ0v) is 24.2. The lowest BCUT2D eigenvalue weighted by Gasteiger charge is -2.44. The van der Waals surface area contributed by atoms with Crippen LogP contribution in [0.2, 0.25) is 0 Å². The van der Waals surface area contributed by atoms with E-state index < -0.39 is 66.4 Å². The lowest BCUT2D eigenvalue weighted by Crippen LogP contribution is -2.66. The van der Waals surface area contributed by atoms with E-state index >= 15 is 0 Å². The van der Waals surface area contributed by atoms with Crippen molar-refractivity contribution >= 4 is 29.7 Å². The predicted molar refractivity (Wildman–Crippen MR) is 139 cm³/mol. The first-order chi connectivity index (χ1) is 20.0. The number of ether oxygens (including phenoxy) is 8. The minimum atomic E-state index is -1.22. The summed E-state index contributed by atoms with van der Waals surface area (Å²) in [6, 6.07) is -1.82. The first kappa shape index (κ1) is 37.1. The molecule has 0 unspecified atom stereocenters. The number of hydrogen-bond acceptors (Lipinski definition) is 15. The smallest absolute Gasteiger partial charge is 0.303 e. The van der Waals surface area contributed by atoms with E-state index in [1.165, 1.54) is 13.8 Å². The molecular formula is C25H42N2O15. The van der Waals surface area contributed by atoms with E-state index in [0.29, 0.717) is 0 Å². The summed E-state index contributed by atoms with van der Waals surface area (Å²) in [6.45, 7) is 4.14. The Morgan fingerprint density at radius 3 is 1.83 bits per heavy atom. The molecule has 1 saturated heterocycles. The molecule has 17 nitrogen and oxygen atoms in total. The van der Waals surface area contributed by atoms with Crippen molar-refractivity contribution in [3.05, 3.63) is 0 Å². The maximum atomic E-state index is 11.9. The fourth-order valence-corrected chi connectivity index (χ4v) is 3.68. The van der Waals surface area contributed by atoms with Gasteiger partial charge in [0.15, 0.2) is 18.5 Å². The molecule has 42 heavy (non-hydrogen) atoms. The van der Waals surface area contributed by atoms with Crippen LogP contribution in [-0.4, -0.2) is 143 Å². The van der Waals surface area contributed by atoms with Crippen molar-refractivity contribution < 1.29 is 72.1 Å². The number of amides is 2. The van der Waals surface area contributed by atoms with Crippen LogP contribution in [0.3, 0.4) is 0 Å². The number of rotatable bonds is 20. The van der Waals surface area contributed by atoms with Crippen molar-refractivity contribution in [3.8, 4) is 0 Å². The van der Waals surface area contributed by atoms with E-state index in [0.717, 1.165) is 13.8 Å². The third-order valence-electron chi connectivity index (χ3n) is 5.36. The molecule has 0 saturated carbocycles. The van der Waals surface area contributed by atoms with E-state index in [1.54, 1.807) is 0 Å². The molecule has 242 valence electrons. The van der Waals surface area contributed by atoms with Gasteiger partial charge in [0, 0.05) is 27.7 Å². The van der Waals surface area contributed by atoms with Gasteiger partial charge in [-0.3, -0.25) is 24.0 Å². The van der Waals surface area contributed by atoms with Crippen molar-refractivity contribution in [2.75, 3.05) is 66.1 Å². The molecule has 0 spiro atoms. The van der Waals surface area contributed by atoms with Crippen molar-refractivity contribution in [1.29, 1.82) is 0 Å². The number of carbonyl (C=O) groups excluding carboxylic acids is 5. The van der Waals surface area contributed by atoms with Crippen LogP contribution >= 0.6 is 0 Å². The molecule has 1 aliphatic heterocycles. The molecule has 1 heterocycles. The molecule has 0 aliphatic carbocycles. The van der Waals surface area contributed by atoms with Crippen LogP contribution in [0.15, 0.2) is 0 Å². The molecule has 17 heteroatoms. The van der Waals surface area contributed by atoms with Gasteiger partial charge >= 0.3 is 17.9 Å². The van der Waals surface area contributed by atoms with Gasteiger partial charge in [-0.25, -0.2) is 0 Å². The van der Waals surface area contributed by atoms with Gasteiger partial charge in [0.2, 0.25) is 11.8 Å². The summed E-state index contributed by atoms with van der Waals surface area (Å²) < 4.78 is 43.3. The Bertz CT molecular complexity index is 854. The first-order valence-electron chi connectivity index (χ1n) is 13.2. The minimum Gasteiger partial charge on any atom is -0.463 e. The standard InChI is InChI=1S/C25H42N2O15/c1-15(30)26-22-24(41-18(4)33)23(40-17(3)32)20(13-39-16(2)31)42-25(22)38-10-9-36-6-5-35-7-8-37-14-21(34)27-19(11-28)12-29/h19-20,22-25,28-29H,5-14H2,1-4H3,(H,26,30)(H,27,34)/t20-,22+,23+,24-,25-/m1/s1. The molecule has 5 atom stereocenters. The van der Waals surface area contributed by atoms with E-state index in [4.69, 9.17) is 48.1 Å². The molecule has 2 amide bonds. The fraction of sp³-hybridized carbons (Fsp3) is 0.800. The van der Waals surface area contributed by atoms with E-state index in [9.17, 15) is 24.0 Å². The van der Waals surface area contributed by atoms with Crippen LogP contribution in [0.5, 0.6) is 0 Å². The summed E-state index contributed by atoms with van der Waals surface area (Å²) in [5.74, 6) is -3.02. The number of esters is 3. The zero-order chi connectivity index (χ0) is 31.5. The molecule has 0 bridgehead atoms. The lowest BCUT2D eigenvalue weighted by atomic mass is 9.96. The Kier molecular flexibility index (Phi) is 18.4. The normalized spacial score (nSPS) is 21.8. The van der Waals surface area contributed by atoms with Crippen molar-refractivity contribution in [3.63, 3.8) is 0 Å². The molecular weight excluding hydrogens is 568 g/mol. The average Bonchev–Trinajstić information content (AvgIpc) is 2.91. The van der Waals surface area contributed by atoms with E-state index in [-0.39, 0.29) is 66.1 Å². The van der Waals surface area contributed by atoms with Crippen LogP contribution in [-0.2, 0) is 61.9 Å². The summed E-state index contributed by atoms with van der Waals surface area (Å²) in [5.41, 5.74) is 0. The van der Waals surface area contributed by atoms with Gasteiger partial charge in [0.1, 0.15) is 25.4 Å². The number of nitrogens with one attached hydrogen (secondary N) is 2. The highest BCUT2D eigenvalue weighted by molar-refractivity contribution is 5.77. The third kappa shape index (κ3) is 15.3. The largest absolute Gasteiger partial charge is 0.463 e. The second-order valence-corrected chi connectivity index (χ2v) is 9.00. The predicted octanol–water partition coefficient (Wildman–Crippen LogP) is -2.82. The Labute approximate surface area is 243 Å². The Morgan fingerprint density at radius 2 is 1.31 bits per heavy atom. The van der Waals surface area contributed by atoms with Gasteiger partial charge in [0.25, 0.3) is 0 Å². The third-order valence-corrected chi connectivity index (χ3v) is 5.36. The molecule has 0 aromatic heterocycles. The maximum absolute atomic E-state index is 11.9. The Morgan fingerprint density at radius 1 is 0.762 bits per heavy atom. The van der Waals surface area contributed by atoms with Crippen LogP contribution < -0.4 is 10.6 Å². The van der Waals surface area contributed by atoms with Crippen molar-refractivity contribution in [1.82, 2.24) is 10.6 Å². The molecule has 1 fully saturated rings. The molecule has 0 aromatic carbocycles. The lowest BCUT2D eigenvalue weighted by molar-refractivity contribution is -0.279. The summed E-state index contributed by atoms with van der Waals surface area (Å²) in [4.78, 5) is 58.6. The van der Waals surface area contributed by atoms with Gasteiger partial charge in [-0.05, 0) is 0 Å². The van der Waals surface area contributed by atoms with Crippen LogP contribution in [0.1, 0.15) is 27.7 Å². The number of carbonyl (C=O) groups is 5. The molecule has 0 radical (unpaired) electrons. The summed E-state index contributed by atoms with van der Waals surface area (Å²) in [6.07, 6.45) is -4.70. The first-order valence-corrected chi connectivity index (χ1v) is 13.2. The van der Waals surface area contributed by atoms with Gasteiger partial charge in [-0.1, -0.05) is 0 Å². The maximum Gasteiger partial charge on any atom is 0.303 e. The number of hydrogen-bond donors (Lipinski definition) is 4. The quantitative estimate of drug-likeness (QED) is 0.0620. The van der Waals surface area contributed by atoms with Gasteiger partial charge < -0.3 is 58.7 Å².